The Kier molecular flexibility index (Phi) is 4.50. The zero-order chi connectivity index (χ0) is 13.0. The molecule has 0 saturated carbocycles. The standard InChI is InChI=1S/C15H19NOS/c1-11-4-3-5-13(8-11)6-7-15(17)9-14-10-18-12(2)16-14/h3-5,8,10,15,17H,6-7,9H2,1-2H3. The van der Waals surface area contributed by atoms with Crippen LogP contribution in [0.25, 0.3) is 0 Å². The van der Waals surface area contributed by atoms with Crippen molar-refractivity contribution in [1.82, 2.24) is 4.98 Å². The molecule has 0 amide bonds. The zero-order valence-electron chi connectivity index (χ0n) is 10.9. The molecule has 0 aliphatic heterocycles. The fraction of sp³-hybridized carbons (Fsp3) is 0.400. The van der Waals surface area contributed by atoms with Crippen LogP contribution in [0, 0.1) is 13.8 Å². The first-order valence-corrected chi connectivity index (χ1v) is 7.16. The molecular formula is C15H19NOS. The smallest absolute Gasteiger partial charge is 0.0897 e. The van der Waals surface area contributed by atoms with Crippen molar-refractivity contribution in [2.45, 2.75) is 39.2 Å². The van der Waals surface area contributed by atoms with Gasteiger partial charge in [-0.3, -0.25) is 0 Å². The van der Waals surface area contributed by atoms with Crippen LogP contribution in [0.4, 0.5) is 0 Å². The second-order valence-corrected chi connectivity index (χ2v) is 5.81. The van der Waals surface area contributed by atoms with Crippen LogP contribution in [-0.2, 0) is 12.8 Å². The van der Waals surface area contributed by atoms with Crippen LogP contribution >= 0.6 is 11.3 Å². The summed E-state index contributed by atoms with van der Waals surface area (Å²) in [6.45, 7) is 4.09. The molecule has 0 aliphatic carbocycles. The van der Waals surface area contributed by atoms with Crippen LogP contribution in [0.3, 0.4) is 0 Å². The Morgan fingerprint density at radius 3 is 2.83 bits per heavy atom. The molecule has 0 fully saturated rings. The summed E-state index contributed by atoms with van der Waals surface area (Å²) in [6, 6.07) is 8.46. The molecule has 0 saturated heterocycles. The molecule has 96 valence electrons. The van der Waals surface area contributed by atoms with E-state index in [0.717, 1.165) is 23.5 Å². The molecule has 0 bridgehead atoms. The summed E-state index contributed by atoms with van der Waals surface area (Å²) in [4.78, 5) is 4.38. The maximum atomic E-state index is 10.0. The van der Waals surface area contributed by atoms with Gasteiger partial charge in [0.25, 0.3) is 0 Å². The summed E-state index contributed by atoms with van der Waals surface area (Å²) in [5.41, 5.74) is 3.58. The van der Waals surface area contributed by atoms with E-state index in [1.54, 1.807) is 11.3 Å². The van der Waals surface area contributed by atoms with Gasteiger partial charge in [-0.15, -0.1) is 11.3 Å². The van der Waals surface area contributed by atoms with E-state index in [2.05, 4.69) is 36.2 Å². The van der Waals surface area contributed by atoms with Crippen LogP contribution in [0.15, 0.2) is 29.6 Å². The van der Waals surface area contributed by atoms with Gasteiger partial charge in [-0.1, -0.05) is 29.8 Å². The summed E-state index contributed by atoms with van der Waals surface area (Å²) in [5.74, 6) is 0. The van der Waals surface area contributed by atoms with Gasteiger partial charge in [-0.2, -0.15) is 0 Å². The summed E-state index contributed by atoms with van der Waals surface area (Å²) >= 11 is 1.64. The molecule has 1 heterocycles. The van der Waals surface area contributed by atoms with Crippen molar-refractivity contribution in [2.24, 2.45) is 0 Å². The van der Waals surface area contributed by atoms with Crippen LogP contribution < -0.4 is 0 Å². The van der Waals surface area contributed by atoms with Gasteiger partial charge < -0.3 is 5.11 Å². The lowest BCUT2D eigenvalue weighted by molar-refractivity contribution is 0.164. The molecule has 1 aromatic heterocycles. The number of aryl methyl sites for hydroxylation is 3. The second-order valence-electron chi connectivity index (χ2n) is 4.74. The van der Waals surface area contributed by atoms with E-state index in [-0.39, 0.29) is 6.10 Å². The van der Waals surface area contributed by atoms with Crippen molar-refractivity contribution in [1.29, 1.82) is 0 Å². The highest BCUT2D eigenvalue weighted by molar-refractivity contribution is 7.09. The first kappa shape index (κ1) is 13.2. The quantitative estimate of drug-likeness (QED) is 0.896. The number of aliphatic hydroxyl groups is 1. The number of rotatable bonds is 5. The average Bonchev–Trinajstić information content (AvgIpc) is 2.72. The number of hydrogen-bond acceptors (Lipinski definition) is 3. The van der Waals surface area contributed by atoms with Gasteiger partial charge in [0.1, 0.15) is 0 Å². The first-order chi connectivity index (χ1) is 8.63. The van der Waals surface area contributed by atoms with E-state index in [0.29, 0.717) is 6.42 Å². The highest BCUT2D eigenvalue weighted by Gasteiger charge is 2.08. The van der Waals surface area contributed by atoms with Gasteiger partial charge in [-0.25, -0.2) is 4.98 Å². The van der Waals surface area contributed by atoms with Crippen molar-refractivity contribution in [3.63, 3.8) is 0 Å². The zero-order valence-corrected chi connectivity index (χ0v) is 11.7. The average molecular weight is 261 g/mol. The lowest BCUT2D eigenvalue weighted by atomic mass is 10.0. The van der Waals surface area contributed by atoms with E-state index in [1.165, 1.54) is 11.1 Å². The third-order valence-electron chi connectivity index (χ3n) is 2.96. The summed E-state index contributed by atoms with van der Waals surface area (Å²) < 4.78 is 0. The summed E-state index contributed by atoms with van der Waals surface area (Å²) in [7, 11) is 0. The Morgan fingerprint density at radius 2 is 2.17 bits per heavy atom. The van der Waals surface area contributed by atoms with Crippen LogP contribution in [0.5, 0.6) is 0 Å². The maximum absolute atomic E-state index is 10.0. The second kappa shape index (κ2) is 6.12. The van der Waals surface area contributed by atoms with Crippen LogP contribution in [-0.4, -0.2) is 16.2 Å². The molecule has 0 spiro atoms. The molecule has 1 unspecified atom stereocenters. The van der Waals surface area contributed by atoms with Gasteiger partial charge in [0.05, 0.1) is 16.8 Å². The van der Waals surface area contributed by atoms with Crippen molar-refractivity contribution < 1.29 is 5.11 Å². The van der Waals surface area contributed by atoms with Crippen LogP contribution in [0.1, 0.15) is 28.2 Å². The third-order valence-corrected chi connectivity index (χ3v) is 3.78. The third kappa shape index (κ3) is 3.93. The molecule has 3 heteroatoms. The lowest BCUT2D eigenvalue weighted by Gasteiger charge is -2.09. The van der Waals surface area contributed by atoms with Gasteiger partial charge in [0.2, 0.25) is 0 Å². The highest BCUT2D eigenvalue weighted by Crippen LogP contribution is 2.13. The monoisotopic (exact) mass is 261 g/mol. The van der Waals surface area contributed by atoms with Crippen molar-refractivity contribution >= 4 is 11.3 Å². The largest absolute Gasteiger partial charge is 0.393 e. The van der Waals surface area contributed by atoms with Crippen molar-refractivity contribution in [3.8, 4) is 0 Å². The van der Waals surface area contributed by atoms with Crippen molar-refractivity contribution in [2.75, 3.05) is 0 Å². The molecule has 2 nitrogen and oxygen atoms in total. The van der Waals surface area contributed by atoms with E-state index in [4.69, 9.17) is 0 Å². The Hall–Kier alpha value is -1.19. The van der Waals surface area contributed by atoms with Crippen molar-refractivity contribution in [3.05, 3.63) is 51.5 Å². The predicted octanol–water partition coefficient (Wildman–Crippen LogP) is 3.30. The minimum absolute atomic E-state index is 0.299. The number of aliphatic hydroxyl groups excluding tert-OH is 1. The Balaban J connectivity index is 1.83. The number of thiazole rings is 1. The predicted molar refractivity (Wildman–Crippen MR) is 76.1 cm³/mol. The van der Waals surface area contributed by atoms with E-state index >= 15 is 0 Å². The molecule has 1 N–H and O–H groups in total. The normalized spacial score (nSPS) is 12.6. The minimum atomic E-state index is -0.299. The van der Waals surface area contributed by atoms with Gasteiger partial charge >= 0.3 is 0 Å². The number of benzene rings is 1. The minimum Gasteiger partial charge on any atom is -0.393 e. The SMILES string of the molecule is Cc1cccc(CCC(O)Cc2csc(C)n2)c1. The number of aromatic nitrogens is 1. The maximum Gasteiger partial charge on any atom is 0.0897 e. The topological polar surface area (TPSA) is 33.1 Å². The molecule has 1 atom stereocenters. The Labute approximate surface area is 112 Å². The fourth-order valence-corrected chi connectivity index (χ4v) is 2.67. The lowest BCUT2D eigenvalue weighted by Crippen LogP contribution is -2.12. The first-order valence-electron chi connectivity index (χ1n) is 6.28. The molecule has 1 aromatic carbocycles. The Bertz CT molecular complexity index is 507. The number of nitrogens with zero attached hydrogens (tertiary/aromatic N) is 1. The molecule has 0 aliphatic rings. The number of hydrogen-bond donors (Lipinski definition) is 1. The molecule has 18 heavy (non-hydrogen) atoms. The highest BCUT2D eigenvalue weighted by atomic mass is 32.1. The molecule has 0 radical (unpaired) electrons. The van der Waals surface area contributed by atoms with E-state index in [1.807, 2.05) is 12.3 Å². The van der Waals surface area contributed by atoms with E-state index in [9.17, 15) is 5.11 Å². The fourth-order valence-electron chi connectivity index (χ4n) is 2.05. The van der Waals surface area contributed by atoms with Gasteiger partial charge in [-0.05, 0) is 32.3 Å². The Morgan fingerprint density at radius 1 is 1.33 bits per heavy atom. The van der Waals surface area contributed by atoms with E-state index < -0.39 is 0 Å². The van der Waals surface area contributed by atoms with Gasteiger partial charge in [0.15, 0.2) is 0 Å². The summed E-state index contributed by atoms with van der Waals surface area (Å²) in [5, 5.41) is 13.1. The molecule has 2 rings (SSSR count). The molecular weight excluding hydrogens is 242 g/mol. The van der Waals surface area contributed by atoms with Gasteiger partial charge in [0, 0.05) is 11.8 Å². The van der Waals surface area contributed by atoms with Crippen LogP contribution in [0.2, 0.25) is 0 Å². The molecule has 2 aromatic rings. The summed E-state index contributed by atoms with van der Waals surface area (Å²) in [6.07, 6.45) is 2.08.